The number of hydrogen-bond acceptors (Lipinski definition) is 3. The third-order valence-corrected chi connectivity index (χ3v) is 8.51. The lowest BCUT2D eigenvalue weighted by Crippen LogP contribution is -2.53. The van der Waals surface area contributed by atoms with E-state index in [4.69, 9.17) is 0 Å². The van der Waals surface area contributed by atoms with Crippen molar-refractivity contribution in [3.8, 4) is 0 Å². The minimum atomic E-state index is -0.564. The van der Waals surface area contributed by atoms with Gasteiger partial charge in [-0.25, -0.2) is 4.39 Å². The van der Waals surface area contributed by atoms with Gasteiger partial charge in [0, 0.05) is 43.1 Å². The maximum Gasteiger partial charge on any atom is 0.254 e. The second kappa shape index (κ2) is 11.4. The molecule has 0 aliphatic carbocycles. The zero-order valence-electron chi connectivity index (χ0n) is 21.6. The van der Waals surface area contributed by atoms with Crippen LogP contribution in [0.25, 0.3) is 0 Å². The van der Waals surface area contributed by atoms with E-state index in [2.05, 4.69) is 50.4 Å². The summed E-state index contributed by atoms with van der Waals surface area (Å²) in [4.78, 5) is 30.1. The van der Waals surface area contributed by atoms with E-state index >= 15 is 0 Å². The summed E-state index contributed by atoms with van der Waals surface area (Å²) >= 11 is 3.46. The van der Waals surface area contributed by atoms with Crippen LogP contribution in [0.5, 0.6) is 0 Å². The minimum absolute atomic E-state index is 0.00124. The van der Waals surface area contributed by atoms with Crippen LogP contribution in [0.1, 0.15) is 59.3 Å². The highest BCUT2D eigenvalue weighted by atomic mass is 79.9. The van der Waals surface area contributed by atoms with Gasteiger partial charge in [0.1, 0.15) is 5.82 Å². The molecule has 198 valence electrons. The summed E-state index contributed by atoms with van der Waals surface area (Å²) in [6, 6.07) is 22.6. The number of hydrogen-bond donors (Lipinski definition) is 1. The van der Waals surface area contributed by atoms with Crippen LogP contribution < -0.4 is 5.32 Å². The fraction of sp³-hybridized carbons (Fsp3) is 0.355. The summed E-state index contributed by atoms with van der Waals surface area (Å²) in [6.07, 6.45) is 3.09. The molecule has 2 aliphatic rings. The number of nitrogens with one attached hydrogen (secondary N) is 1. The molecular formula is C31H33BrFN3O2. The zero-order valence-corrected chi connectivity index (χ0v) is 23.2. The van der Waals surface area contributed by atoms with Gasteiger partial charge in [-0.15, -0.1) is 0 Å². The Morgan fingerprint density at radius 3 is 2.45 bits per heavy atom. The van der Waals surface area contributed by atoms with Crippen LogP contribution in [0.15, 0.2) is 77.3 Å². The van der Waals surface area contributed by atoms with Gasteiger partial charge in [0.05, 0.1) is 11.6 Å². The third-order valence-electron chi connectivity index (χ3n) is 7.99. The van der Waals surface area contributed by atoms with E-state index in [1.165, 1.54) is 30.2 Å². The first-order valence-electron chi connectivity index (χ1n) is 13.3. The molecule has 0 radical (unpaired) electrons. The van der Waals surface area contributed by atoms with Crippen molar-refractivity contribution in [2.24, 2.45) is 0 Å². The normalized spacial score (nSPS) is 19.0. The molecule has 5 nitrogen and oxygen atoms in total. The first kappa shape index (κ1) is 26.6. The largest absolute Gasteiger partial charge is 0.347 e. The third kappa shape index (κ3) is 5.69. The number of halogens is 2. The fourth-order valence-electron chi connectivity index (χ4n) is 6.04. The van der Waals surface area contributed by atoms with Gasteiger partial charge < -0.3 is 15.1 Å². The Bertz CT molecular complexity index is 1300. The molecule has 0 bridgehead atoms. The van der Waals surface area contributed by atoms with Crippen molar-refractivity contribution < 1.29 is 14.0 Å². The van der Waals surface area contributed by atoms with Crippen molar-refractivity contribution in [1.29, 1.82) is 0 Å². The van der Waals surface area contributed by atoms with E-state index in [1.54, 1.807) is 6.07 Å². The average molecular weight is 579 g/mol. The average Bonchev–Trinajstić information content (AvgIpc) is 2.92. The highest BCUT2D eigenvalue weighted by Gasteiger charge is 2.38. The van der Waals surface area contributed by atoms with Gasteiger partial charge in [0.25, 0.3) is 5.91 Å². The second-order valence-corrected chi connectivity index (χ2v) is 11.3. The molecule has 7 heteroatoms. The number of nitrogens with zero attached hydrogens (tertiary/aromatic N) is 2. The van der Waals surface area contributed by atoms with Crippen LogP contribution in [-0.2, 0) is 16.8 Å². The Morgan fingerprint density at radius 2 is 1.74 bits per heavy atom. The van der Waals surface area contributed by atoms with Gasteiger partial charge >= 0.3 is 0 Å². The predicted molar refractivity (Wildman–Crippen MR) is 150 cm³/mol. The van der Waals surface area contributed by atoms with Crippen LogP contribution in [0.2, 0.25) is 0 Å². The summed E-state index contributed by atoms with van der Waals surface area (Å²) < 4.78 is 15.0. The summed E-state index contributed by atoms with van der Waals surface area (Å²) in [5.74, 6) is -0.337. The number of amides is 2. The number of rotatable bonds is 6. The van der Waals surface area contributed by atoms with Crippen LogP contribution in [-0.4, -0.2) is 47.8 Å². The van der Waals surface area contributed by atoms with Gasteiger partial charge in [0.15, 0.2) is 0 Å². The summed E-state index contributed by atoms with van der Waals surface area (Å²) in [7, 11) is 0. The molecule has 38 heavy (non-hydrogen) atoms. The Kier molecular flexibility index (Phi) is 7.96. The molecule has 1 unspecified atom stereocenters. The standard InChI is InChI=1S/C31H33BrFN3O2/c1-22(37)34-31(25-6-4-7-27(33)21-25)15-19-35(20-16-31)17-14-29-28-8-3-2-5-23(28)13-18-36(29)30(38)24-9-11-26(32)12-10-24/h2-12,21,29H,13-20H2,1H3,(H,34,37). The molecule has 1 atom stereocenters. The van der Waals surface area contributed by atoms with Crippen molar-refractivity contribution in [2.75, 3.05) is 26.2 Å². The Balaban J connectivity index is 1.31. The second-order valence-electron chi connectivity index (χ2n) is 10.4. The number of fused-ring (bicyclic) bond motifs is 1. The fourth-order valence-corrected chi connectivity index (χ4v) is 6.30. The quantitative estimate of drug-likeness (QED) is 0.400. The van der Waals surface area contributed by atoms with Crippen molar-refractivity contribution in [1.82, 2.24) is 15.1 Å². The SMILES string of the molecule is CC(=O)NC1(c2cccc(F)c2)CCN(CCC2c3ccccc3CCN2C(=O)c2ccc(Br)cc2)CC1. The van der Waals surface area contributed by atoms with Gasteiger partial charge in [-0.1, -0.05) is 52.3 Å². The van der Waals surface area contributed by atoms with E-state index in [-0.39, 0.29) is 23.7 Å². The lowest BCUT2D eigenvalue weighted by Gasteiger charge is -2.44. The van der Waals surface area contributed by atoms with E-state index in [9.17, 15) is 14.0 Å². The topological polar surface area (TPSA) is 52.7 Å². The molecule has 2 amide bonds. The molecule has 0 saturated carbocycles. The maximum atomic E-state index is 14.0. The molecule has 1 saturated heterocycles. The van der Waals surface area contributed by atoms with Crippen molar-refractivity contribution >= 4 is 27.7 Å². The first-order valence-corrected chi connectivity index (χ1v) is 14.1. The first-order chi connectivity index (χ1) is 18.3. The van der Waals surface area contributed by atoms with Gasteiger partial charge in [-0.2, -0.15) is 0 Å². The lowest BCUT2D eigenvalue weighted by atomic mass is 9.80. The van der Waals surface area contributed by atoms with E-state index in [0.29, 0.717) is 24.9 Å². The molecule has 0 spiro atoms. The predicted octanol–water partition coefficient (Wildman–Crippen LogP) is 5.85. The molecule has 0 aromatic heterocycles. The molecule has 2 aliphatic heterocycles. The van der Waals surface area contributed by atoms with Gasteiger partial charge in [-0.3, -0.25) is 9.59 Å². The number of benzene rings is 3. The van der Waals surface area contributed by atoms with E-state index in [1.807, 2.05) is 35.2 Å². The monoisotopic (exact) mass is 577 g/mol. The van der Waals surface area contributed by atoms with Crippen molar-refractivity contribution in [3.63, 3.8) is 0 Å². The maximum absolute atomic E-state index is 14.0. The number of piperidine rings is 1. The molecule has 3 aromatic rings. The van der Waals surface area contributed by atoms with Crippen LogP contribution in [0, 0.1) is 5.82 Å². The van der Waals surface area contributed by atoms with Gasteiger partial charge in [-0.05, 0) is 78.8 Å². The minimum Gasteiger partial charge on any atom is -0.347 e. The number of carbonyl (C=O) groups excluding carboxylic acids is 2. The molecule has 3 aromatic carbocycles. The Morgan fingerprint density at radius 1 is 1.00 bits per heavy atom. The zero-order chi connectivity index (χ0) is 26.7. The number of carbonyl (C=O) groups is 2. The highest BCUT2D eigenvalue weighted by Crippen LogP contribution is 2.36. The molecule has 5 rings (SSSR count). The van der Waals surface area contributed by atoms with E-state index in [0.717, 1.165) is 42.5 Å². The van der Waals surface area contributed by atoms with Crippen molar-refractivity contribution in [3.05, 3.63) is 105 Å². The van der Waals surface area contributed by atoms with Crippen LogP contribution in [0.3, 0.4) is 0 Å². The smallest absolute Gasteiger partial charge is 0.254 e. The van der Waals surface area contributed by atoms with Crippen molar-refractivity contribution in [2.45, 2.75) is 44.2 Å². The Hall–Kier alpha value is -3.03. The molecule has 2 heterocycles. The molecule has 1 N–H and O–H groups in total. The van der Waals surface area contributed by atoms with Crippen LogP contribution in [0.4, 0.5) is 4.39 Å². The lowest BCUT2D eigenvalue weighted by molar-refractivity contribution is -0.121. The van der Waals surface area contributed by atoms with E-state index < -0.39 is 5.54 Å². The van der Waals surface area contributed by atoms with Crippen LogP contribution >= 0.6 is 15.9 Å². The highest BCUT2D eigenvalue weighted by molar-refractivity contribution is 9.10. The molecule has 1 fully saturated rings. The Labute approximate surface area is 232 Å². The van der Waals surface area contributed by atoms with Gasteiger partial charge in [0.2, 0.25) is 5.91 Å². The summed E-state index contributed by atoms with van der Waals surface area (Å²) in [6.45, 7) is 4.62. The molecular weight excluding hydrogens is 545 g/mol. The summed E-state index contributed by atoms with van der Waals surface area (Å²) in [5, 5.41) is 3.13. The number of likely N-dealkylation sites (tertiary alicyclic amines) is 1. The summed E-state index contributed by atoms with van der Waals surface area (Å²) in [5.41, 5.74) is 3.50.